The lowest BCUT2D eigenvalue weighted by atomic mass is 9.97. The molecule has 2 aromatic heterocycles. The highest BCUT2D eigenvalue weighted by atomic mass is 35.5. The molecule has 0 spiro atoms. The zero-order valence-corrected chi connectivity index (χ0v) is 22.0. The molecule has 7 rings (SSSR count). The maximum Gasteiger partial charge on any atom is 0.335 e. The van der Waals surface area contributed by atoms with Crippen molar-refractivity contribution < 1.29 is 19.2 Å². The summed E-state index contributed by atoms with van der Waals surface area (Å²) in [5.74, 6) is 0.325. The van der Waals surface area contributed by atoms with Gasteiger partial charge >= 0.3 is 5.97 Å². The summed E-state index contributed by atoms with van der Waals surface area (Å²) in [6.45, 7) is 0.385. The van der Waals surface area contributed by atoms with Crippen molar-refractivity contribution in [3.8, 4) is 11.3 Å². The number of anilines is 1. The van der Waals surface area contributed by atoms with Crippen molar-refractivity contribution in [1.29, 1.82) is 0 Å². The second kappa shape index (κ2) is 8.98. The van der Waals surface area contributed by atoms with Crippen LogP contribution in [-0.4, -0.2) is 39.4 Å². The van der Waals surface area contributed by atoms with Crippen LogP contribution in [0.5, 0.6) is 0 Å². The van der Waals surface area contributed by atoms with Gasteiger partial charge < -0.3 is 19.3 Å². The van der Waals surface area contributed by atoms with Crippen LogP contribution in [0.2, 0.25) is 10.0 Å². The van der Waals surface area contributed by atoms with Gasteiger partial charge in [0.05, 0.1) is 44.6 Å². The molecule has 4 heterocycles. The molecule has 0 amide bonds. The fraction of sp³-hybridized carbons (Fsp3) is 0.370. The second-order valence-corrected chi connectivity index (χ2v) is 11.8. The van der Waals surface area contributed by atoms with Crippen LogP contribution in [0, 0.1) is 0 Å². The summed E-state index contributed by atoms with van der Waals surface area (Å²) in [5, 5.41) is 15.7. The minimum atomic E-state index is -0.927. The molecular weight excluding hydrogens is 533 g/mol. The van der Waals surface area contributed by atoms with Crippen molar-refractivity contribution in [2.75, 3.05) is 4.90 Å². The van der Waals surface area contributed by atoms with E-state index in [0.29, 0.717) is 39.9 Å². The zero-order chi connectivity index (χ0) is 25.3. The SMILES string of the molecule is O=C(O)c1ccc2nc(N3C4CCC3[C@H](OCc3c(-c5c(Cl)cccc5Cl)noc3C3CC3)C4)sc2c1. The Labute approximate surface area is 226 Å². The predicted molar refractivity (Wildman–Crippen MR) is 143 cm³/mol. The van der Waals surface area contributed by atoms with Crippen LogP contribution < -0.4 is 4.90 Å². The molecule has 2 aliphatic heterocycles. The first kappa shape index (κ1) is 23.5. The number of rotatable bonds is 7. The Morgan fingerprint density at radius 2 is 1.97 bits per heavy atom. The lowest BCUT2D eigenvalue weighted by Crippen LogP contribution is -2.33. The average Bonchev–Trinajstić information content (AvgIpc) is 3.21. The highest BCUT2D eigenvalue weighted by Crippen LogP contribution is 2.48. The Kier molecular flexibility index (Phi) is 5.69. The molecular formula is C27H23Cl2N3O4S. The number of carboxylic acid groups (broad SMARTS) is 1. The number of halogens is 2. The van der Waals surface area contributed by atoms with Gasteiger partial charge in [0, 0.05) is 23.1 Å². The molecule has 2 aromatic carbocycles. The molecule has 37 heavy (non-hydrogen) atoms. The highest BCUT2D eigenvalue weighted by molar-refractivity contribution is 7.22. The molecule has 1 N–H and O–H groups in total. The molecule has 190 valence electrons. The van der Waals surface area contributed by atoms with Gasteiger partial charge in [0.1, 0.15) is 11.5 Å². The number of thiazole rings is 1. The molecule has 3 fully saturated rings. The molecule has 3 aliphatic rings. The Bertz CT molecular complexity index is 1510. The Morgan fingerprint density at radius 3 is 2.73 bits per heavy atom. The van der Waals surface area contributed by atoms with Gasteiger partial charge in [0.25, 0.3) is 0 Å². The molecule has 1 aliphatic carbocycles. The number of hydrogen-bond donors (Lipinski definition) is 1. The third-order valence-corrected chi connectivity index (χ3v) is 9.39. The topological polar surface area (TPSA) is 88.7 Å². The highest BCUT2D eigenvalue weighted by Gasteiger charge is 2.48. The number of nitrogens with zero attached hydrogens (tertiary/aromatic N) is 3. The summed E-state index contributed by atoms with van der Waals surface area (Å²) in [6, 6.07) is 11.1. The van der Waals surface area contributed by atoms with E-state index in [1.54, 1.807) is 29.5 Å². The summed E-state index contributed by atoms with van der Waals surface area (Å²) < 4.78 is 13.3. The summed E-state index contributed by atoms with van der Waals surface area (Å²) in [6.07, 6.45) is 5.28. The number of carbonyl (C=O) groups is 1. The fourth-order valence-corrected chi connectivity index (χ4v) is 7.52. The van der Waals surface area contributed by atoms with Crippen LogP contribution in [0.25, 0.3) is 21.5 Å². The normalized spacial score (nSPS) is 22.9. The lowest BCUT2D eigenvalue weighted by Gasteiger charge is -2.24. The first-order chi connectivity index (χ1) is 18.0. The summed E-state index contributed by atoms with van der Waals surface area (Å²) in [5.41, 5.74) is 3.40. The van der Waals surface area contributed by atoms with Crippen molar-refractivity contribution in [3.05, 3.63) is 63.3 Å². The molecule has 0 radical (unpaired) electrons. The smallest absolute Gasteiger partial charge is 0.335 e. The van der Waals surface area contributed by atoms with E-state index in [1.807, 2.05) is 18.2 Å². The molecule has 10 heteroatoms. The minimum Gasteiger partial charge on any atom is -0.478 e. The van der Waals surface area contributed by atoms with Gasteiger partial charge in [0.2, 0.25) is 0 Å². The van der Waals surface area contributed by atoms with Crippen molar-refractivity contribution in [1.82, 2.24) is 10.1 Å². The number of ether oxygens (including phenoxy) is 1. The average molecular weight is 556 g/mol. The maximum atomic E-state index is 11.4. The predicted octanol–water partition coefficient (Wildman–Crippen LogP) is 7.16. The fourth-order valence-electron chi connectivity index (χ4n) is 5.81. The molecule has 4 aromatic rings. The van der Waals surface area contributed by atoms with E-state index < -0.39 is 5.97 Å². The quantitative estimate of drug-likeness (QED) is 0.258. The lowest BCUT2D eigenvalue weighted by molar-refractivity contribution is 0.0261. The zero-order valence-electron chi connectivity index (χ0n) is 19.7. The van der Waals surface area contributed by atoms with E-state index in [-0.39, 0.29) is 17.7 Å². The van der Waals surface area contributed by atoms with Gasteiger partial charge in [-0.2, -0.15) is 0 Å². The van der Waals surface area contributed by atoms with Crippen LogP contribution in [-0.2, 0) is 11.3 Å². The van der Waals surface area contributed by atoms with Crippen LogP contribution in [0.3, 0.4) is 0 Å². The van der Waals surface area contributed by atoms with Gasteiger partial charge in [-0.05, 0) is 62.4 Å². The first-order valence-corrected chi connectivity index (χ1v) is 14.0. The van der Waals surface area contributed by atoms with Crippen LogP contribution in [0.15, 0.2) is 40.9 Å². The molecule has 3 atom stereocenters. The molecule has 2 saturated heterocycles. The Balaban J connectivity index is 1.15. The Hall–Kier alpha value is -2.65. The number of carboxylic acids is 1. The van der Waals surface area contributed by atoms with Gasteiger partial charge in [-0.25, -0.2) is 9.78 Å². The number of aromatic carboxylic acids is 1. The van der Waals surface area contributed by atoms with Crippen molar-refractivity contribution in [3.63, 3.8) is 0 Å². The maximum absolute atomic E-state index is 11.4. The van der Waals surface area contributed by atoms with E-state index in [0.717, 1.165) is 58.8 Å². The van der Waals surface area contributed by atoms with Crippen LogP contribution in [0.1, 0.15) is 59.7 Å². The second-order valence-electron chi connectivity index (χ2n) is 10.0. The van der Waals surface area contributed by atoms with Gasteiger partial charge in [0.15, 0.2) is 5.13 Å². The monoisotopic (exact) mass is 555 g/mol. The van der Waals surface area contributed by atoms with Crippen molar-refractivity contribution in [2.24, 2.45) is 0 Å². The molecule has 7 nitrogen and oxygen atoms in total. The van der Waals surface area contributed by atoms with E-state index in [2.05, 4.69) is 10.1 Å². The van der Waals surface area contributed by atoms with E-state index in [9.17, 15) is 9.90 Å². The Morgan fingerprint density at radius 1 is 1.16 bits per heavy atom. The van der Waals surface area contributed by atoms with Gasteiger partial charge in [-0.1, -0.05) is 45.8 Å². The van der Waals surface area contributed by atoms with E-state index in [4.69, 9.17) is 37.4 Å². The van der Waals surface area contributed by atoms with Crippen LogP contribution in [0.4, 0.5) is 5.13 Å². The number of fused-ring (bicyclic) bond motifs is 3. The standard InChI is InChI=1S/C27H23Cl2N3O4S/c28-17-2-1-3-18(29)23(17)24-16(25(36-31-24)13-4-5-13)12-35-21-11-15-7-9-20(21)32(15)27-30-19-8-6-14(26(33)34)10-22(19)37-27/h1-3,6,8,10,13,15,20-21H,4-5,7,9,11-12H2,(H,33,34)/t15?,20?,21-/m1/s1. The minimum absolute atomic E-state index is 0.0527. The third kappa shape index (κ3) is 4.02. The summed E-state index contributed by atoms with van der Waals surface area (Å²) in [4.78, 5) is 18.6. The van der Waals surface area contributed by atoms with Crippen molar-refractivity contribution in [2.45, 2.75) is 62.8 Å². The molecule has 2 bridgehead atoms. The largest absolute Gasteiger partial charge is 0.478 e. The number of aromatic nitrogens is 2. The summed E-state index contributed by atoms with van der Waals surface area (Å²) in [7, 11) is 0. The van der Waals surface area contributed by atoms with Gasteiger partial charge in [-0.3, -0.25) is 0 Å². The van der Waals surface area contributed by atoms with E-state index >= 15 is 0 Å². The molecule has 1 saturated carbocycles. The third-order valence-electron chi connectivity index (χ3n) is 7.73. The first-order valence-electron chi connectivity index (χ1n) is 12.4. The van der Waals surface area contributed by atoms with Gasteiger partial charge in [-0.15, -0.1) is 0 Å². The van der Waals surface area contributed by atoms with E-state index in [1.165, 1.54) is 0 Å². The van der Waals surface area contributed by atoms with Crippen LogP contribution >= 0.6 is 34.5 Å². The van der Waals surface area contributed by atoms with Crippen molar-refractivity contribution >= 4 is 55.9 Å². The number of hydrogen-bond acceptors (Lipinski definition) is 7. The summed E-state index contributed by atoms with van der Waals surface area (Å²) >= 11 is 14.6. The molecule has 2 unspecified atom stereocenters. The number of benzene rings is 2.